The topological polar surface area (TPSA) is 60.0 Å². The molecule has 1 aromatic carbocycles. The Hall–Kier alpha value is -2.44. The lowest BCUT2D eigenvalue weighted by Crippen LogP contribution is -3.28. The maximum absolute atomic E-state index is 13.0. The van der Waals surface area contributed by atoms with Gasteiger partial charge in [0.2, 0.25) is 5.78 Å². The van der Waals surface area contributed by atoms with E-state index in [1.807, 2.05) is 32.0 Å². The van der Waals surface area contributed by atoms with E-state index in [9.17, 15) is 9.59 Å². The number of rotatable bonds is 7. The van der Waals surface area contributed by atoms with Gasteiger partial charge < -0.3 is 19.7 Å². The summed E-state index contributed by atoms with van der Waals surface area (Å²) in [6.07, 6.45) is 2.47. The number of Topliss-reactive ketones (excluding diaryl/α,β-unsaturated/α-hetero) is 1. The fourth-order valence-electron chi connectivity index (χ4n) is 5.01. The van der Waals surface area contributed by atoms with Gasteiger partial charge in [0.1, 0.15) is 32.7 Å². The highest BCUT2D eigenvalue weighted by Crippen LogP contribution is 2.38. The van der Waals surface area contributed by atoms with Crippen molar-refractivity contribution in [1.82, 2.24) is 4.57 Å². The number of para-hydroxylation sites is 1. The van der Waals surface area contributed by atoms with Gasteiger partial charge in [-0.25, -0.2) is 0 Å². The molecule has 31 heavy (non-hydrogen) atoms. The molecular weight excluding hydrogens is 388 g/mol. The summed E-state index contributed by atoms with van der Waals surface area (Å²) in [5.74, 6) is 0.325. The summed E-state index contributed by atoms with van der Waals surface area (Å²) >= 11 is 0. The molecule has 1 aromatic heterocycles. The van der Waals surface area contributed by atoms with E-state index in [4.69, 9.17) is 0 Å². The van der Waals surface area contributed by atoms with E-state index in [1.54, 1.807) is 0 Å². The molecular formula is C25H36N4O2+2. The number of amides is 1. The molecule has 0 spiro atoms. The molecule has 0 radical (unpaired) electrons. The van der Waals surface area contributed by atoms with Crippen molar-refractivity contribution in [3.05, 3.63) is 52.3 Å². The molecule has 6 nitrogen and oxygen atoms in total. The number of nitrogens with one attached hydrogen (secondary N) is 3. The van der Waals surface area contributed by atoms with Crippen LogP contribution in [0.15, 0.2) is 24.3 Å². The minimum absolute atomic E-state index is 0.0689. The van der Waals surface area contributed by atoms with Crippen LogP contribution in [-0.2, 0) is 4.79 Å². The van der Waals surface area contributed by atoms with E-state index < -0.39 is 0 Å². The average molecular weight is 425 g/mol. The second-order valence-electron chi connectivity index (χ2n) is 9.48. The van der Waals surface area contributed by atoms with Crippen LogP contribution >= 0.6 is 0 Å². The van der Waals surface area contributed by atoms with E-state index in [1.165, 1.54) is 28.3 Å². The number of piperazine rings is 1. The third kappa shape index (κ3) is 4.91. The van der Waals surface area contributed by atoms with Gasteiger partial charge in [0.15, 0.2) is 6.54 Å². The molecule has 0 bridgehead atoms. The summed E-state index contributed by atoms with van der Waals surface area (Å²) in [6.45, 7) is 13.0. The summed E-state index contributed by atoms with van der Waals surface area (Å²) < 4.78 is 2.35. The average Bonchev–Trinajstić information content (AvgIpc) is 3.51. The number of ketones is 1. The van der Waals surface area contributed by atoms with Crippen LogP contribution in [0.4, 0.5) is 5.69 Å². The van der Waals surface area contributed by atoms with Crippen molar-refractivity contribution >= 4 is 17.4 Å². The van der Waals surface area contributed by atoms with Crippen molar-refractivity contribution < 1.29 is 19.4 Å². The smallest absolute Gasteiger partial charge is 0.279 e. The third-order valence-corrected chi connectivity index (χ3v) is 6.93. The predicted octanol–water partition coefficient (Wildman–Crippen LogP) is 0.661. The Bertz CT molecular complexity index is 961. The Morgan fingerprint density at radius 1 is 0.968 bits per heavy atom. The van der Waals surface area contributed by atoms with Crippen LogP contribution < -0.4 is 15.1 Å². The summed E-state index contributed by atoms with van der Waals surface area (Å²) in [4.78, 5) is 28.2. The van der Waals surface area contributed by atoms with Gasteiger partial charge in [0, 0.05) is 28.7 Å². The highest BCUT2D eigenvalue weighted by atomic mass is 16.2. The Morgan fingerprint density at radius 2 is 1.55 bits per heavy atom. The van der Waals surface area contributed by atoms with Gasteiger partial charge in [0.05, 0.1) is 0 Å². The Morgan fingerprint density at radius 3 is 2.13 bits per heavy atom. The Kier molecular flexibility index (Phi) is 6.30. The second-order valence-corrected chi connectivity index (χ2v) is 9.48. The molecule has 2 aromatic rings. The number of nitrogens with zero attached hydrogens (tertiary/aromatic N) is 1. The lowest BCUT2D eigenvalue weighted by atomic mass is 10.1. The zero-order valence-electron chi connectivity index (χ0n) is 19.3. The van der Waals surface area contributed by atoms with Gasteiger partial charge >= 0.3 is 0 Å². The first-order valence-electron chi connectivity index (χ1n) is 11.6. The summed E-state index contributed by atoms with van der Waals surface area (Å²) in [5, 5.41) is 3.10. The zero-order chi connectivity index (χ0) is 22.1. The standard InChI is InChI=1S/C25H34N4O2/c1-17-6-5-7-18(2)25(17)26-24(31)16-28-12-10-27(11-13-28)15-23(30)22-14-19(3)29(20(22)4)21-8-9-21/h5-7,14,21H,8-13,15-16H2,1-4H3,(H,26,31)/p+2. The van der Waals surface area contributed by atoms with Gasteiger partial charge in [-0.1, -0.05) is 18.2 Å². The Labute approximate surface area is 185 Å². The van der Waals surface area contributed by atoms with Crippen molar-refractivity contribution in [3.63, 3.8) is 0 Å². The molecule has 1 saturated carbocycles. The molecule has 1 saturated heterocycles. The van der Waals surface area contributed by atoms with Gasteiger partial charge in [-0.15, -0.1) is 0 Å². The van der Waals surface area contributed by atoms with Crippen LogP contribution in [0.25, 0.3) is 0 Å². The number of quaternary nitrogens is 2. The molecule has 1 aliphatic carbocycles. The highest BCUT2D eigenvalue weighted by Gasteiger charge is 2.31. The number of aryl methyl sites for hydroxylation is 3. The first-order valence-corrected chi connectivity index (χ1v) is 11.6. The van der Waals surface area contributed by atoms with E-state index >= 15 is 0 Å². The molecule has 2 heterocycles. The van der Waals surface area contributed by atoms with Crippen LogP contribution in [0.5, 0.6) is 0 Å². The Balaban J connectivity index is 1.27. The summed E-state index contributed by atoms with van der Waals surface area (Å²) in [6, 6.07) is 8.75. The van der Waals surface area contributed by atoms with Crippen LogP contribution in [0.1, 0.15) is 51.8 Å². The van der Waals surface area contributed by atoms with Crippen LogP contribution in [-0.4, -0.2) is 55.5 Å². The zero-order valence-corrected chi connectivity index (χ0v) is 19.3. The van der Waals surface area contributed by atoms with Crippen LogP contribution in [0.3, 0.4) is 0 Å². The number of aromatic nitrogens is 1. The second kappa shape index (κ2) is 8.97. The van der Waals surface area contributed by atoms with E-state index in [0.717, 1.165) is 54.3 Å². The van der Waals surface area contributed by atoms with Crippen molar-refractivity contribution in [2.45, 2.75) is 46.6 Å². The van der Waals surface area contributed by atoms with Crippen LogP contribution in [0.2, 0.25) is 0 Å². The number of anilines is 1. The molecule has 166 valence electrons. The number of benzene rings is 1. The van der Waals surface area contributed by atoms with Crippen molar-refractivity contribution in [3.8, 4) is 0 Å². The maximum atomic E-state index is 13.0. The number of hydrogen-bond donors (Lipinski definition) is 3. The largest absolute Gasteiger partial charge is 0.345 e. The molecule has 0 unspecified atom stereocenters. The van der Waals surface area contributed by atoms with Crippen molar-refractivity contribution in [2.24, 2.45) is 0 Å². The highest BCUT2D eigenvalue weighted by molar-refractivity contribution is 5.98. The predicted molar refractivity (Wildman–Crippen MR) is 122 cm³/mol. The molecule has 4 rings (SSSR count). The number of carbonyl (C=O) groups is 2. The number of carbonyl (C=O) groups excluding carboxylic acids is 2. The first-order chi connectivity index (χ1) is 14.8. The fraction of sp³-hybridized carbons (Fsp3) is 0.520. The first kappa shape index (κ1) is 21.8. The quantitative estimate of drug-likeness (QED) is 0.572. The molecule has 3 N–H and O–H groups in total. The molecule has 0 atom stereocenters. The fourth-order valence-corrected chi connectivity index (χ4v) is 5.01. The van der Waals surface area contributed by atoms with Gasteiger partial charge in [-0.2, -0.15) is 0 Å². The normalized spacial score (nSPS) is 21.2. The molecule has 6 heteroatoms. The summed E-state index contributed by atoms with van der Waals surface area (Å²) in [7, 11) is 0. The monoisotopic (exact) mass is 424 g/mol. The van der Waals surface area contributed by atoms with Gasteiger partial charge in [-0.05, 0) is 57.7 Å². The molecule has 2 aliphatic rings. The van der Waals surface area contributed by atoms with Crippen LogP contribution in [0, 0.1) is 27.7 Å². The molecule has 1 amide bonds. The van der Waals surface area contributed by atoms with Crippen molar-refractivity contribution in [2.75, 3.05) is 44.6 Å². The third-order valence-electron chi connectivity index (χ3n) is 6.93. The van der Waals surface area contributed by atoms with E-state index in [0.29, 0.717) is 19.1 Å². The van der Waals surface area contributed by atoms with Crippen molar-refractivity contribution in [1.29, 1.82) is 0 Å². The lowest BCUT2D eigenvalue weighted by Gasteiger charge is -2.29. The van der Waals surface area contributed by atoms with E-state index in [2.05, 4.69) is 29.8 Å². The maximum Gasteiger partial charge on any atom is 0.279 e. The van der Waals surface area contributed by atoms with E-state index in [-0.39, 0.29) is 11.7 Å². The minimum atomic E-state index is 0.0689. The van der Waals surface area contributed by atoms with Gasteiger partial charge in [0.25, 0.3) is 5.91 Å². The van der Waals surface area contributed by atoms with Gasteiger partial charge in [-0.3, -0.25) is 9.59 Å². The SMILES string of the molecule is Cc1cccc(C)c1NC(=O)C[NH+]1CC[NH+](CC(=O)c2cc(C)n(C3CC3)c2C)CC1. The summed E-state index contributed by atoms with van der Waals surface area (Å²) in [5.41, 5.74) is 6.37. The molecule has 1 aliphatic heterocycles. The molecule has 2 fully saturated rings. The number of hydrogen-bond acceptors (Lipinski definition) is 2. The lowest BCUT2D eigenvalue weighted by molar-refractivity contribution is -1.00. The minimum Gasteiger partial charge on any atom is -0.345 e.